The summed E-state index contributed by atoms with van der Waals surface area (Å²) in [5.41, 5.74) is 1.58. The van der Waals surface area contributed by atoms with Crippen LogP contribution in [0.4, 0.5) is 0 Å². The third kappa shape index (κ3) is 3.85. The normalized spacial score (nSPS) is 17.9. The molecule has 2 N–H and O–H groups in total. The van der Waals surface area contributed by atoms with Gasteiger partial charge in [-0.1, -0.05) is 30.3 Å². The summed E-state index contributed by atoms with van der Waals surface area (Å²) in [6, 6.07) is 12.3. The summed E-state index contributed by atoms with van der Waals surface area (Å²) in [7, 11) is 0. The van der Waals surface area contributed by atoms with Crippen molar-refractivity contribution < 1.29 is 19.4 Å². The number of aromatic nitrogens is 1. The van der Waals surface area contributed by atoms with Gasteiger partial charge in [-0.2, -0.15) is 0 Å². The van der Waals surface area contributed by atoms with Gasteiger partial charge in [0, 0.05) is 6.61 Å². The summed E-state index contributed by atoms with van der Waals surface area (Å²) in [6.07, 6.45) is 1.77. The summed E-state index contributed by atoms with van der Waals surface area (Å²) in [4.78, 5) is 27.9. The molecule has 1 aliphatic rings. The lowest BCUT2D eigenvalue weighted by Gasteiger charge is -2.24. The van der Waals surface area contributed by atoms with Gasteiger partial charge in [0.15, 0.2) is 0 Å². The second-order valence-electron chi connectivity index (χ2n) is 6.05. The predicted molar refractivity (Wildman–Crippen MR) is 91.6 cm³/mol. The Labute approximate surface area is 145 Å². The molecule has 25 heavy (non-hydrogen) atoms. The van der Waals surface area contributed by atoms with Crippen LogP contribution in [-0.4, -0.2) is 34.7 Å². The molecule has 1 fully saturated rings. The van der Waals surface area contributed by atoms with Gasteiger partial charge in [-0.15, -0.1) is 0 Å². The van der Waals surface area contributed by atoms with Gasteiger partial charge in [0.2, 0.25) is 0 Å². The van der Waals surface area contributed by atoms with Crippen LogP contribution in [0.1, 0.15) is 51.0 Å². The van der Waals surface area contributed by atoms with E-state index in [0.29, 0.717) is 12.3 Å². The lowest BCUT2D eigenvalue weighted by atomic mass is 9.99. The molecule has 2 atom stereocenters. The van der Waals surface area contributed by atoms with Crippen molar-refractivity contribution in [3.05, 3.63) is 65.0 Å². The van der Waals surface area contributed by atoms with Gasteiger partial charge < -0.3 is 15.2 Å². The van der Waals surface area contributed by atoms with Crippen LogP contribution in [-0.2, 0) is 4.74 Å². The number of hydrogen-bond donors (Lipinski definition) is 2. The fraction of sp³-hybridized carbons (Fsp3) is 0.316. The SMILES string of the molecule is Cc1nc(C(=O)NC(c2ccccc2)C2CCCO2)ccc1C(=O)O. The molecule has 6 nitrogen and oxygen atoms in total. The van der Waals surface area contributed by atoms with Gasteiger partial charge in [0.1, 0.15) is 5.69 Å². The van der Waals surface area contributed by atoms with Gasteiger partial charge in [-0.05, 0) is 37.5 Å². The molecule has 0 spiro atoms. The number of amides is 1. The van der Waals surface area contributed by atoms with E-state index in [1.165, 1.54) is 12.1 Å². The zero-order valence-corrected chi connectivity index (χ0v) is 13.9. The van der Waals surface area contributed by atoms with E-state index >= 15 is 0 Å². The average molecular weight is 340 g/mol. The Hall–Kier alpha value is -2.73. The Bertz CT molecular complexity index is 770. The van der Waals surface area contributed by atoms with Crippen molar-refractivity contribution in [2.75, 3.05) is 6.61 Å². The van der Waals surface area contributed by atoms with Gasteiger partial charge in [0.05, 0.1) is 23.4 Å². The van der Waals surface area contributed by atoms with Crippen molar-refractivity contribution >= 4 is 11.9 Å². The minimum Gasteiger partial charge on any atom is -0.478 e. The van der Waals surface area contributed by atoms with Crippen molar-refractivity contribution in [2.24, 2.45) is 0 Å². The highest BCUT2D eigenvalue weighted by Gasteiger charge is 2.29. The molecule has 130 valence electrons. The van der Waals surface area contributed by atoms with Gasteiger partial charge in [-0.3, -0.25) is 4.79 Å². The first-order chi connectivity index (χ1) is 12.1. The van der Waals surface area contributed by atoms with E-state index < -0.39 is 5.97 Å². The molecule has 0 aliphatic carbocycles. The fourth-order valence-corrected chi connectivity index (χ4v) is 3.05. The summed E-state index contributed by atoms with van der Waals surface area (Å²) in [5.74, 6) is -1.40. The summed E-state index contributed by atoms with van der Waals surface area (Å²) in [6.45, 7) is 2.27. The Morgan fingerprint density at radius 1 is 1.24 bits per heavy atom. The van der Waals surface area contributed by atoms with E-state index in [1.807, 2.05) is 30.3 Å². The highest BCUT2D eigenvalue weighted by molar-refractivity contribution is 5.94. The number of benzene rings is 1. The van der Waals surface area contributed by atoms with Crippen LogP contribution in [0.3, 0.4) is 0 Å². The standard InChI is InChI=1S/C19H20N2O4/c1-12-14(19(23)24)9-10-15(20-12)18(22)21-17(16-8-5-11-25-16)13-6-3-2-4-7-13/h2-4,6-7,9-10,16-17H,5,8,11H2,1H3,(H,21,22)(H,23,24). The second kappa shape index (κ2) is 7.44. The first-order valence-electron chi connectivity index (χ1n) is 8.24. The molecular formula is C19H20N2O4. The van der Waals surface area contributed by atoms with E-state index in [9.17, 15) is 9.59 Å². The Balaban J connectivity index is 1.83. The van der Waals surface area contributed by atoms with Crippen LogP contribution in [0.15, 0.2) is 42.5 Å². The molecule has 1 saturated heterocycles. The monoisotopic (exact) mass is 340 g/mol. The van der Waals surface area contributed by atoms with Gasteiger partial charge in [0.25, 0.3) is 5.91 Å². The van der Waals surface area contributed by atoms with Gasteiger partial charge in [-0.25, -0.2) is 9.78 Å². The quantitative estimate of drug-likeness (QED) is 0.874. The molecule has 0 bridgehead atoms. The van der Waals surface area contributed by atoms with Crippen LogP contribution in [0, 0.1) is 6.92 Å². The van der Waals surface area contributed by atoms with Crippen molar-refractivity contribution in [1.82, 2.24) is 10.3 Å². The lowest BCUT2D eigenvalue weighted by Crippen LogP contribution is -2.36. The van der Waals surface area contributed by atoms with Crippen LogP contribution in [0.2, 0.25) is 0 Å². The second-order valence-corrected chi connectivity index (χ2v) is 6.05. The Morgan fingerprint density at radius 2 is 2.00 bits per heavy atom. The smallest absolute Gasteiger partial charge is 0.337 e. The highest BCUT2D eigenvalue weighted by Crippen LogP contribution is 2.27. The molecule has 3 rings (SSSR count). The number of carboxylic acid groups (broad SMARTS) is 1. The topological polar surface area (TPSA) is 88.5 Å². The van der Waals surface area contributed by atoms with Crippen LogP contribution in [0.5, 0.6) is 0 Å². The van der Waals surface area contributed by atoms with Crippen molar-refractivity contribution in [2.45, 2.75) is 31.9 Å². The number of aryl methyl sites for hydroxylation is 1. The predicted octanol–water partition coefficient (Wildman–Crippen LogP) is 2.74. The van der Waals surface area contributed by atoms with E-state index in [4.69, 9.17) is 9.84 Å². The lowest BCUT2D eigenvalue weighted by molar-refractivity contribution is 0.0667. The number of pyridine rings is 1. The van der Waals surface area contributed by atoms with Crippen molar-refractivity contribution in [3.63, 3.8) is 0 Å². The maximum Gasteiger partial charge on any atom is 0.337 e. The summed E-state index contributed by atoms with van der Waals surface area (Å²) < 4.78 is 5.77. The van der Waals surface area contributed by atoms with E-state index in [0.717, 1.165) is 18.4 Å². The largest absolute Gasteiger partial charge is 0.478 e. The Morgan fingerprint density at radius 3 is 2.60 bits per heavy atom. The number of rotatable bonds is 5. The van der Waals surface area contributed by atoms with E-state index in [2.05, 4.69) is 10.3 Å². The van der Waals surface area contributed by atoms with E-state index in [-0.39, 0.29) is 29.3 Å². The van der Waals surface area contributed by atoms with Crippen LogP contribution >= 0.6 is 0 Å². The minimum atomic E-state index is -1.06. The summed E-state index contributed by atoms with van der Waals surface area (Å²) in [5, 5.41) is 12.1. The van der Waals surface area contributed by atoms with Crippen LogP contribution < -0.4 is 5.32 Å². The maximum atomic E-state index is 12.6. The molecule has 1 aliphatic heterocycles. The number of carbonyl (C=O) groups is 2. The molecule has 1 aromatic heterocycles. The number of hydrogen-bond acceptors (Lipinski definition) is 4. The van der Waals surface area contributed by atoms with Crippen molar-refractivity contribution in [3.8, 4) is 0 Å². The third-order valence-corrected chi connectivity index (χ3v) is 4.33. The Kier molecular flexibility index (Phi) is 5.09. The zero-order valence-electron chi connectivity index (χ0n) is 13.9. The molecule has 1 aromatic carbocycles. The first kappa shape index (κ1) is 17.1. The molecular weight excluding hydrogens is 320 g/mol. The number of carbonyl (C=O) groups excluding carboxylic acids is 1. The van der Waals surface area contributed by atoms with Gasteiger partial charge >= 0.3 is 5.97 Å². The molecule has 0 saturated carbocycles. The summed E-state index contributed by atoms with van der Waals surface area (Å²) >= 11 is 0. The zero-order chi connectivity index (χ0) is 17.8. The molecule has 2 unspecified atom stereocenters. The number of nitrogens with one attached hydrogen (secondary N) is 1. The minimum absolute atomic E-state index is 0.0780. The van der Waals surface area contributed by atoms with E-state index in [1.54, 1.807) is 6.92 Å². The highest BCUT2D eigenvalue weighted by atomic mass is 16.5. The average Bonchev–Trinajstić information content (AvgIpc) is 3.14. The maximum absolute atomic E-state index is 12.6. The molecule has 6 heteroatoms. The van der Waals surface area contributed by atoms with Crippen LogP contribution in [0.25, 0.3) is 0 Å². The first-order valence-corrected chi connectivity index (χ1v) is 8.24. The fourth-order valence-electron chi connectivity index (χ4n) is 3.05. The number of carboxylic acids is 1. The molecule has 2 aromatic rings. The van der Waals surface area contributed by atoms with Crippen molar-refractivity contribution in [1.29, 1.82) is 0 Å². The number of ether oxygens (including phenoxy) is 1. The molecule has 0 radical (unpaired) electrons. The molecule has 1 amide bonds. The number of aromatic carboxylic acids is 1. The number of nitrogens with zero attached hydrogens (tertiary/aromatic N) is 1. The third-order valence-electron chi connectivity index (χ3n) is 4.33. The molecule has 2 heterocycles.